The van der Waals surface area contributed by atoms with E-state index in [1.165, 1.54) is 12.1 Å². The average Bonchev–Trinajstić information content (AvgIpc) is 2.83. The van der Waals surface area contributed by atoms with Crippen molar-refractivity contribution in [1.82, 2.24) is 4.90 Å². The second-order valence-corrected chi connectivity index (χ2v) is 10.0. The Kier molecular flexibility index (Phi) is 8.62. The van der Waals surface area contributed by atoms with Gasteiger partial charge in [-0.2, -0.15) is 21.6 Å². The van der Waals surface area contributed by atoms with Crippen molar-refractivity contribution in [2.24, 2.45) is 5.92 Å². The van der Waals surface area contributed by atoms with Crippen LogP contribution in [-0.2, 0) is 27.6 Å². The summed E-state index contributed by atoms with van der Waals surface area (Å²) in [5, 5.41) is 0. The van der Waals surface area contributed by atoms with Crippen LogP contribution in [0.25, 0.3) is 0 Å². The number of carbonyl (C=O) groups excluding carboxylic acids is 1. The Hall–Kier alpha value is -3.53. The van der Waals surface area contributed by atoms with Crippen LogP contribution in [0.4, 0.5) is 13.2 Å². The molecule has 0 aliphatic heterocycles. The van der Waals surface area contributed by atoms with Crippen molar-refractivity contribution in [3.63, 3.8) is 0 Å². The molecule has 0 saturated carbocycles. The lowest BCUT2D eigenvalue weighted by Crippen LogP contribution is -2.37. The highest BCUT2D eigenvalue weighted by Gasteiger charge is 2.32. The molecule has 3 rings (SSSR count). The van der Waals surface area contributed by atoms with Gasteiger partial charge in [0.1, 0.15) is 16.4 Å². The minimum absolute atomic E-state index is 0.0645. The van der Waals surface area contributed by atoms with Crippen molar-refractivity contribution in [1.29, 1.82) is 0 Å². The van der Waals surface area contributed by atoms with Crippen LogP contribution in [0.3, 0.4) is 0 Å². The molecule has 0 aromatic heterocycles. The van der Waals surface area contributed by atoms with E-state index < -0.39 is 26.8 Å². The van der Waals surface area contributed by atoms with E-state index in [4.69, 9.17) is 8.92 Å². The summed E-state index contributed by atoms with van der Waals surface area (Å²) in [6.07, 6.45) is -4.68. The van der Waals surface area contributed by atoms with Crippen molar-refractivity contribution >= 4 is 16.0 Å². The number of halogens is 3. The van der Waals surface area contributed by atoms with Crippen molar-refractivity contribution in [2.45, 2.75) is 31.5 Å². The number of amides is 1. The van der Waals surface area contributed by atoms with Gasteiger partial charge in [-0.15, -0.1) is 0 Å². The number of hydrogen-bond acceptors (Lipinski definition) is 5. The molecule has 0 aliphatic rings. The van der Waals surface area contributed by atoms with Crippen LogP contribution in [0.2, 0.25) is 0 Å². The molecular formula is C26H26F3NO5S. The number of para-hydroxylation sites is 1. The monoisotopic (exact) mass is 521 g/mol. The lowest BCUT2D eigenvalue weighted by atomic mass is 10.1. The molecule has 0 heterocycles. The predicted molar refractivity (Wildman–Crippen MR) is 128 cm³/mol. The molecule has 10 heteroatoms. The number of rotatable bonds is 10. The van der Waals surface area contributed by atoms with Crippen LogP contribution in [0.5, 0.6) is 11.5 Å². The van der Waals surface area contributed by atoms with Gasteiger partial charge in [0.15, 0.2) is 6.61 Å². The van der Waals surface area contributed by atoms with Crippen molar-refractivity contribution in [3.8, 4) is 11.5 Å². The first-order valence-electron chi connectivity index (χ1n) is 11.1. The third-order valence-corrected chi connectivity index (χ3v) is 6.24. The Morgan fingerprint density at radius 1 is 0.917 bits per heavy atom. The molecule has 0 aliphatic carbocycles. The van der Waals surface area contributed by atoms with E-state index >= 15 is 0 Å². The largest absolute Gasteiger partial charge is 0.484 e. The average molecular weight is 522 g/mol. The van der Waals surface area contributed by atoms with Gasteiger partial charge in [-0.3, -0.25) is 4.79 Å². The Balaban J connectivity index is 1.67. The Labute approximate surface area is 208 Å². The second-order valence-electron chi connectivity index (χ2n) is 8.48. The smallest absolute Gasteiger partial charge is 0.416 e. The minimum atomic E-state index is -4.68. The van der Waals surface area contributed by atoms with E-state index in [2.05, 4.69) is 0 Å². The van der Waals surface area contributed by atoms with E-state index in [9.17, 15) is 26.4 Å². The predicted octanol–water partition coefficient (Wildman–Crippen LogP) is 5.54. The molecule has 0 unspecified atom stereocenters. The summed E-state index contributed by atoms with van der Waals surface area (Å²) in [5.41, 5.74) is -0.374. The minimum Gasteiger partial charge on any atom is -0.484 e. The number of carbonyl (C=O) groups is 1. The lowest BCUT2D eigenvalue weighted by molar-refractivity contribution is -0.137. The van der Waals surface area contributed by atoms with Crippen LogP contribution >= 0.6 is 0 Å². The van der Waals surface area contributed by atoms with Gasteiger partial charge in [0.05, 0.1) is 5.56 Å². The number of alkyl halides is 3. The summed E-state index contributed by atoms with van der Waals surface area (Å²) >= 11 is 0. The second kappa shape index (κ2) is 11.5. The first-order valence-corrected chi connectivity index (χ1v) is 12.5. The summed E-state index contributed by atoms with van der Waals surface area (Å²) in [6, 6.07) is 18.3. The lowest BCUT2D eigenvalue weighted by Gasteiger charge is -2.25. The van der Waals surface area contributed by atoms with Gasteiger partial charge >= 0.3 is 16.3 Å². The highest BCUT2D eigenvalue weighted by molar-refractivity contribution is 7.87. The molecule has 0 fully saturated rings. The molecule has 0 atom stereocenters. The zero-order valence-corrected chi connectivity index (χ0v) is 20.6. The molecule has 36 heavy (non-hydrogen) atoms. The number of hydrogen-bond donors (Lipinski definition) is 0. The molecule has 0 saturated heterocycles. The fraction of sp³-hybridized carbons (Fsp3) is 0.269. The van der Waals surface area contributed by atoms with Crippen LogP contribution in [0, 0.1) is 5.92 Å². The maximum absolute atomic E-state index is 12.9. The Bertz CT molecular complexity index is 1260. The first kappa shape index (κ1) is 27.1. The van der Waals surface area contributed by atoms with Crippen molar-refractivity contribution < 1.29 is 35.3 Å². The molecule has 0 bridgehead atoms. The Morgan fingerprint density at radius 2 is 1.58 bits per heavy atom. The van der Waals surface area contributed by atoms with Crippen LogP contribution in [-0.4, -0.2) is 32.4 Å². The molecule has 192 valence electrons. The van der Waals surface area contributed by atoms with Gasteiger partial charge in [0.2, 0.25) is 0 Å². The van der Waals surface area contributed by atoms with Gasteiger partial charge in [-0.05, 0) is 53.9 Å². The van der Waals surface area contributed by atoms with E-state index in [-0.39, 0.29) is 30.7 Å². The number of ether oxygens (including phenoxy) is 1. The molecule has 3 aromatic rings. The van der Waals surface area contributed by atoms with E-state index in [0.717, 1.165) is 18.2 Å². The van der Waals surface area contributed by atoms with Crippen LogP contribution in [0.15, 0.2) is 83.8 Å². The third-order valence-electron chi connectivity index (χ3n) is 5.00. The maximum Gasteiger partial charge on any atom is 0.416 e. The van der Waals surface area contributed by atoms with Crippen LogP contribution in [0.1, 0.15) is 25.0 Å². The SMILES string of the molecule is CC(C)CN(Cc1ccc(OS(=O)(=O)c2cccc(C(F)(F)F)c2)cc1)C(=O)COc1ccccc1. The summed E-state index contributed by atoms with van der Waals surface area (Å²) in [7, 11) is -4.48. The normalized spacial score (nSPS) is 11.8. The fourth-order valence-corrected chi connectivity index (χ4v) is 4.30. The zero-order chi connectivity index (χ0) is 26.3. The Morgan fingerprint density at radius 3 is 2.19 bits per heavy atom. The summed E-state index contributed by atoms with van der Waals surface area (Å²) in [5.74, 6) is 0.509. The van der Waals surface area contributed by atoms with E-state index in [1.807, 2.05) is 32.0 Å². The van der Waals surface area contributed by atoms with Gasteiger partial charge in [-0.25, -0.2) is 0 Å². The summed E-state index contributed by atoms with van der Waals surface area (Å²) in [6.45, 7) is 4.57. The number of nitrogens with zero attached hydrogens (tertiary/aromatic N) is 1. The third kappa shape index (κ3) is 7.74. The van der Waals surface area contributed by atoms with E-state index in [0.29, 0.717) is 23.9 Å². The molecule has 0 N–H and O–H groups in total. The van der Waals surface area contributed by atoms with Crippen molar-refractivity contribution in [2.75, 3.05) is 13.2 Å². The highest BCUT2D eigenvalue weighted by Crippen LogP contribution is 2.31. The first-order chi connectivity index (χ1) is 16.9. The topological polar surface area (TPSA) is 72.9 Å². The quantitative estimate of drug-likeness (QED) is 0.328. The van der Waals surface area contributed by atoms with Gasteiger partial charge in [0, 0.05) is 13.1 Å². The van der Waals surface area contributed by atoms with Gasteiger partial charge < -0.3 is 13.8 Å². The fourth-order valence-electron chi connectivity index (χ4n) is 3.32. The molecule has 3 aromatic carbocycles. The number of benzene rings is 3. The molecule has 0 radical (unpaired) electrons. The summed E-state index contributed by atoms with van der Waals surface area (Å²) in [4.78, 5) is 13.8. The molecule has 0 spiro atoms. The zero-order valence-electron chi connectivity index (χ0n) is 19.7. The van der Waals surface area contributed by atoms with Crippen molar-refractivity contribution in [3.05, 3.63) is 90.0 Å². The summed E-state index contributed by atoms with van der Waals surface area (Å²) < 4.78 is 74.4. The van der Waals surface area contributed by atoms with Gasteiger partial charge in [-0.1, -0.05) is 50.2 Å². The molecule has 6 nitrogen and oxygen atoms in total. The van der Waals surface area contributed by atoms with Crippen LogP contribution < -0.4 is 8.92 Å². The molecular weight excluding hydrogens is 495 g/mol. The standard InChI is InChI=1S/C26H26F3NO5S/c1-19(2)16-30(25(31)18-34-22-8-4-3-5-9-22)17-20-11-13-23(14-12-20)35-36(32,33)24-10-6-7-21(15-24)26(27,28)29/h3-15,19H,16-18H2,1-2H3. The highest BCUT2D eigenvalue weighted by atomic mass is 32.2. The maximum atomic E-state index is 12.9. The molecule has 1 amide bonds. The van der Waals surface area contributed by atoms with E-state index in [1.54, 1.807) is 29.2 Å². The van der Waals surface area contributed by atoms with Gasteiger partial charge in [0.25, 0.3) is 5.91 Å².